The zero-order valence-electron chi connectivity index (χ0n) is 9.15. The number of carbonyl (C=O) groups excluding carboxylic acids is 1. The molecule has 0 aromatic rings. The summed E-state index contributed by atoms with van der Waals surface area (Å²) in [6.07, 6.45) is 1.73. The molecule has 0 heterocycles. The van der Waals surface area contributed by atoms with Gasteiger partial charge in [-0.3, -0.25) is 9.63 Å². The number of amides is 2. The molecule has 15 heavy (non-hydrogen) atoms. The predicted molar refractivity (Wildman–Crippen MR) is 54.3 cm³/mol. The van der Waals surface area contributed by atoms with Crippen molar-refractivity contribution in [1.82, 2.24) is 10.4 Å². The molecule has 0 spiro atoms. The standard InChI is InChI=1S/C9H18N2O4/c1-11(15-2)8(12)6-4-3-5-7-10-9(13)14/h10H,3-7H2,1-2H3,(H,13,14). The fraction of sp³-hybridized carbons (Fsp3) is 0.778. The normalized spacial score (nSPS) is 9.73. The van der Waals surface area contributed by atoms with E-state index >= 15 is 0 Å². The maximum Gasteiger partial charge on any atom is 0.404 e. The van der Waals surface area contributed by atoms with Gasteiger partial charge in [0.05, 0.1) is 7.11 Å². The number of carboxylic acid groups (broad SMARTS) is 1. The molecule has 2 amide bonds. The molecule has 0 saturated heterocycles. The predicted octanol–water partition coefficient (Wildman–Crippen LogP) is 0.834. The molecule has 2 N–H and O–H groups in total. The van der Waals surface area contributed by atoms with Gasteiger partial charge < -0.3 is 10.4 Å². The molecule has 0 bridgehead atoms. The van der Waals surface area contributed by atoms with Crippen molar-refractivity contribution < 1.29 is 19.5 Å². The number of carbonyl (C=O) groups is 2. The van der Waals surface area contributed by atoms with Gasteiger partial charge in [-0.05, 0) is 12.8 Å². The molecule has 0 unspecified atom stereocenters. The van der Waals surface area contributed by atoms with E-state index in [-0.39, 0.29) is 5.91 Å². The average molecular weight is 218 g/mol. The van der Waals surface area contributed by atoms with Gasteiger partial charge in [0.15, 0.2) is 0 Å². The molecule has 0 aliphatic heterocycles. The van der Waals surface area contributed by atoms with E-state index in [2.05, 4.69) is 5.32 Å². The maximum atomic E-state index is 11.2. The number of hydroxylamine groups is 2. The third-order valence-electron chi connectivity index (χ3n) is 1.97. The Hall–Kier alpha value is -1.30. The van der Waals surface area contributed by atoms with E-state index in [1.54, 1.807) is 7.05 Å². The molecule has 88 valence electrons. The van der Waals surface area contributed by atoms with Crippen LogP contribution < -0.4 is 5.32 Å². The van der Waals surface area contributed by atoms with E-state index in [1.807, 2.05) is 0 Å². The second kappa shape index (κ2) is 8.05. The van der Waals surface area contributed by atoms with Crippen molar-refractivity contribution >= 4 is 12.0 Å². The molecule has 6 heteroatoms. The molecule has 0 aliphatic carbocycles. The van der Waals surface area contributed by atoms with Gasteiger partial charge in [-0.2, -0.15) is 0 Å². The topological polar surface area (TPSA) is 78.9 Å². The first-order chi connectivity index (χ1) is 7.07. The molecule has 0 aromatic carbocycles. The lowest BCUT2D eigenvalue weighted by atomic mass is 10.2. The number of nitrogens with zero attached hydrogens (tertiary/aromatic N) is 1. The first-order valence-electron chi connectivity index (χ1n) is 4.85. The van der Waals surface area contributed by atoms with E-state index < -0.39 is 6.09 Å². The third kappa shape index (κ3) is 7.75. The summed E-state index contributed by atoms with van der Waals surface area (Å²) in [4.78, 5) is 26.0. The van der Waals surface area contributed by atoms with Gasteiger partial charge in [0.1, 0.15) is 0 Å². The van der Waals surface area contributed by atoms with E-state index in [0.717, 1.165) is 19.3 Å². The molecule has 0 radical (unpaired) electrons. The highest BCUT2D eigenvalue weighted by Crippen LogP contribution is 2.01. The van der Waals surface area contributed by atoms with Crippen molar-refractivity contribution in [3.63, 3.8) is 0 Å². The highest BCUT2D eigenvalue weighted by atomic mass is 16.7. The average Bonchev–Trinajstić information content (AvgIpc) is 2.21. The summed E-state index contributed by atoms with van der Waals surface area (Å²) in [7, 11) is 3.00. The first kappa shape index (κ1) is 13.7. The summed E-state index contributed by atoms with van der Waals surface area (Å²) in [5.41, 5.74) is 0. The molecule has 0 saturated carbocycles. The zero-order chi connectivity index (χ0) is 11.7. The van der Waals surface area contributed by atoms with Gasteiger partial charge in [0, 0.05) is 20.0 Å². The van der Waals surface area contributed by atoms with E-state index in [1.165, 1.54) is 12.2 Å². The molecular weight excluding hydrogens is 200 g/mol. The van der Waals surface area contributed by atoms with Crippen LogP contribution >= 0.6 is 0 Å². The molecule has 0 aromatic heterocycles. The Labute approximate surface area is 89.2 Å². The largest absolute Gasteiger partial charge is 0.465 e. The van der Waals surface area contributed by atoms with E-state index in [4.69, 9.17) is 9.94 Å². The first-order valence-corrected chi connectivity index (χ1v) is 4.85. The lowest BCUT2D eigenvalue weighted by Crippen LogP contribution is -2.25. The number of nitrogens with one attached hydrogen (secondary N) is 1. The van der Waals surface area contributed by atoms with Crippen LogP contribution in [0.4, 0.5) is 4.79 Å². The second-order valence-corrected chi connectivity index (χ2v) is 3.12. The van der Waals surface area contributed by atoms with Crippen LogP contribution in [0, 0.1) is 0 Å². The van der Waals surface area contributed by atoms with Crippen LogP contribution in [0.3, 0.4) is 0 Å². The summed E-state index contributed by atoms with van der Waals surface area (Å²) < 4.78 is 0. The minimum Gasteiger partial charge on any atom is -0.465 e. The smallest absolute Gasteiger partial charge is 0.404 e. The van der Waals surface area contributed by atoms with Crippen molar-refractivity contribution in [2.24, 2.45) is 0 Å². The van der Waals surface area contributed by atoms with Crippen molar-refractivity contribution in [1.29, 1.82) is 0 Å². The lowest BCUT2D eigenvalue weighted by molar-refractivity contribution is -0.168. The van der Waals surface area contributed by atoms with E-state index in [0.29, 0.717) is 13.0 Å². The van der Waals surface area contributed by atoms with Crippen LogP contribution in [0.2, 0.25) is 0 Å². The minimum atomic E-state index is -1.01. The van der Waals surface area contributed by atoms with Crippen molar-refractivity contribution in [3.8, 4) is 0 Å². The highest BCUT2D eigenvalue weighted by molar-refractivity contribution is 5.74. The number of rotatable bonds is 7. The maximum absolute atomic E-state index is 11.2. The van der Waals surface area contributed by atoms with Crippen LogP contribution in [0.25, 0.3) is 0 Å². The Balaban J connectivity index is 3.31. The van der Waals surface area contributed by atoms with Gasteiger partial charge in [-0.15, -0.1) is 0 Å². The Kier molecular flexibility index (Phi) is 7.35. The molecule has 0 atom stereocenters. The number of hydrogen-bond acceptors (Lipinski definition) is 3. The zero-order valence-corrected chi connectivity index (χ0v) is 9.15. The van der Waals surface area contributed by atoms with Gasteiger partial charge in [0.25, 0.3) is 0 Å². The third-order valence-corrected chi connectivity index (χ3v) is 1.97. The van der Waals surface area contributed by atoms with Crippen molar-refractivity contribution in [3.05, 3.63) is 0 Å². The van der Waals surface area contributed by atoms with Gasteiger partial charge in [-0.25, -0.2) is 9.86 Å². The fourth-order valence-electron chi connectivity index (χ4n) is 1.03. The Bertz CT molecular complexity index is 208. The fourth-order valence-corrected chi connectivity index (χ4v) is 1.03. The van der Waals surface area contributed by atoms with Crippen molar-refractivity contribution in [2.45, 2.75) is 25.7 Å². The van der Waals surface area contributed by atoms with Gasteiger partial charge in [-0.1, -0.05) is 6.42 Å². The Morgan fingerprint density at radius 2 is 2.00 bits per heavy atom. The molecule has 6 nitrogen and oxygen atoms in total. The molecule has 0 aliphatic rings. The molecular formula is C9H18N2O4. The quantitative estimate of drug-likeness (QED) is 0.490. The second-order valence-electron chi connectivity index (χ2n) is 3.12. The van der Waals surface area contributed by atoms with Crippen LogP contribution in [0.1, 0.15) is 25.7 Å². The summed E-state index contributed by atoms with van der Waals surface area (Å²) in [5.74, 6) is -0.0660. The summed E-state index contributed by atoms with van der Waals surface area (Å²) in [6.45, 7) is 0.434. The van der Waals surface area contributed by atoms with Crippen LogP contribution in [0.5, 0.6) is 0 Å². The number of hydrogen-bond donors (Lipinski definition) is 2. The molecule has 0 fully saturated rings. The van der Waals surface area contributed by atoms with Crippen LogP contribution in [-0.2, 0) is 9.63 Å². The SMILES string of the molecule is CON(C)C(=O)CCCCCNC(=O)O. The van der Waals surface area contributed by atoms with E-state index in [9.17, 15) is 9.59 Å². The summed E-state index contributed by atoms with van der Waals surface area (Å²) >= 11 is 0. The van der Waals surface area contributed by atoms with Gasteiger partial charge in [0.2, 0.25) is 5.91 Å². The van der Waals surface area contributed by atoms with Gasteiger partial charge >= 0.3 is 6.09 Å². The summed E-state index contributed by atoms with van der Waals surface area (Å²) in [6, 6.07) is 0. The Morgan fingerprint density at radius 1 is 1.33 bits per heavy atom. The minimum absolute atomic E-state index is 0.0660. The monoisotopic (exact) mass is 218 g/mol. The lowest BCUT2D eigenvalue weighted by Gasteiger charge is -2.12. The van der Waals surface area contributed by atoms with Crippen LogP contribution in [0.15, 0.2) is 0 Å². The summed E-state index contributed by atoms with van der Waals surface area (Å²) in [5, 5.41) is 11.7. The highest BCUT2D eigenvalue weighted by Gasteiger charge is 2.06. The van der Waals surface area contributed by atoms with Crippen molar-refractivity contribution in [2.75, 3.05) is 20.7 Å². The molecule has 0 rings (SSSR count). The Morgan fingerprint density at radius 3 is 2.53 bits per heavy atom. The van der Waals surface area contributed by atoms with Crippen LogP contribution in [-0.4, -0.2) is 42.9 Å². The number of unbranched alkanes of at least 4 members (excludes halogenated alkanes) is 2.